The summed E-state index contributed by atoms with van der Waals surface area (Å²) in [5.74, 6) is -0.253. The minimum absolute atomic E-state index is 0.0185. The zero-order chi connectivity index (χ0) is 32.5. The van der Waals surface area contributed by atoms with Crippen molar-refractivity contribution >= 4 is 49.5 Å². The Balaban J connectivity index is 1.16. The summed E-state index contributed by atoms with van der Waals surface area (Å²) in [7, 11) is -9.78. The number of ether oxygens (including phenoxy) is 3. The standard InChI is InChI=1S/C21H25FN10O12P2/c22-9-13-7(42-19(9)31-4-27-10-15(23)25-3-26-16(10)31)2-41-46(37,38)44-14-8(1-40-45(35,36)6-39-13)43-20(12(14)33)32-5-28-11-17(32)29-21(24)30-18(11)34/h3-5,7-9,12-14,19-20,33H,1-2,6H2,(H,35,36)(H,37,38)(H2,23,25,26)(H3,24,29,30,34)/t7-,8-,9+,12+,13?,14?,19-,20-/m1/s1. The molecule has 7 rings (SSSR count). The van der Waals surface area contributed by atoms with E-state index in [1.807, 2.05) is 0 Å². The van der Waals surface area contributed by atoms with Crippen molar-refractivity contribution in [2.75, 3.05) is 31.0 Å². The number of nitrogens with one attached hydrogen (secondary N) is 1. The number of fused-ring (bicyclic) bond motifs is 4. The van der Waals surface area contributed by atoms with E-state index in [0.29, 0.717) is 0 Å². The molecule has 8 N–H and O–H groups in total. The molecule has 4 aromatic rings. The van der Waals surface area contributed by atoms with Gasteiger partial charge in [0.2, 0.25) is 5.95 Å². The molecule has 0 spiro atoms. The monoisotopic (exact) mass is 690 g/mol. The van der Waals surface area contributed by atoms with Crippen LogP contribution < -0.4 is 17.0 Å². The van der Waals surface area contributed by atoms with Crippen molar-refractivity contribution in [1.82, 2.24) is 39.0 Å². The van der Waals surface area contributed by atoms with Gasteiger partial charge < -0.3 is 45.1 Å². The molecule has 3 aliphatic heterocycles. The van der Waals surface area contributed by atoms with Crippen molar-refractivity contribution < 1.29 is 56.2 Å². The summed E-state index contributed by atoms with van der Waals surface area (Å²) < 4.78 is 76.8. The van der Waals surface area contributed by atoms with E-state index in [1.165, 1.54) is 10.9 Å². The SMILES string of the molecule is Nc1nc2c(ncn2[C@@H]2O[C@@H]3COP(=O)(O)COC4[C@@H](COP(=O)(O)OC3[C@@H]2O)O[C@@H](n2cnc3c(N)ncnc32)[C@H]4F)c(=O)[nH]1. The summed E-state index contributed by atoms with van der Waals surface area (Å²) in [6.45, 7) is -1.60. The smallest absolute Gasteiger partial charge is 0.386 e. The van der Waals surface area contributed by atoms with E-state index >= 15 is 4.39 Å². The second-order valence-electron chi connectivity index (χ2n) is 10.5. The van der Waals surface area contributed by atoms with Gasteiger partial charge in [0.25, 0.3) is 5.56 Å². The zero-order valence-corrected chi connectivity index (χ0v) is 24.8. The van der Waals surface area contributed by atoms with Crippen LogP contribution >= 0.6 is 15.4 Å². The predicted molar refractivity (Wildman–Crippen MR) is 147 cm³/mol. The first-order chi connectivity index (χ1) is 21.8. The number of nitrogens with zero attached hydrogens (tertiary/aromatic N) is 7. The van der Waals surface area contributed by atoms with Gasteiger partial charge in [0.15, 0.2) is 41.3 Å². The van der Waals surface area contributed by atoms with Gasteiger partial charge in [-0.3, -0.25) is 32.5 Å². The second-order valence-corrected chi connectivity index (χ2v) is 13.6. The number of nitrogen functional groups attached to an aromatic ring is 2. The third kappa shape index (κ3) is 5.48. The number of hydrogen-bond acceptors (Lipinski definition) is 17. The lowest BCUT2D eigenvalue weighted by molar-refractivity contribution is -0.0591. The Morgan fingerprint density at radius 1 is 0.935 bits per heavy atom. The van der Waals surface area contributed by atoms with Crippen molar-refractivity contribution in [3.05, 3.63) is 29.3 Å². The maximum absolute atomic E-state index is 15.8. The minimum Gasteiger partial charge on any atom is -0.386 e. The molecular weight excluding hydrogens is 665 g/mol. The summed E-state index contributed by atoms with van der Waals surface area (Å²) in [6.07, 6.45) is -10.6. The fourth-order valence-corrected chi connectivity index (χ4v) is 7.19. The molecule has 4 aromatic heterocycles. The molecule has 3 fully saturated rings. The highest BCUT2D eigenvalue weighted by molar-refractivity contribution is 7.52. The van der Waals surface area contributed by atoms with Crippen LogP contribution in [0.25, 0.3) is 22.3 Å². The van der Waals surface area contributed by atoms with Crippen molar-refractivity contribution in [1.29, 1.82) is 0 Å². The summed E-state index contributed by atoms with van der Waals surface area (Å²) in [4.78, 5) is 55.5. The Hall–Kier alpha value is -3.47. The number of alkyl halides is 1. The lowest BCUT2D eigenvalue weighted by Gasteiger charge is -2.24. The highest BCUT2D eigenvalue weighted by Crippen LogP contribution is 2.52. The molecule has 0 aliphatic carbocycles. The Kier molecular flexibility index (Phi) is 7.68. The predicted octanol–water partition coefficient (Wildman–Crippen LogP) is -1.32. The number of anilines is 2. The third-order valence-electron chi connectivity index (χ3n) is 7.49. The van der Waals surface area contributed by atoms with Crippen LogP contribution in [0.1, 0.15) is 12.5 Å². The van der Waals surface area contributed by atoms with Gasteiger partial charge in [0.05, 0.1) is 25.9 Å². The van der Waals surface area contributed by atoms with Crippen molar-refractivity contribution in [2.45, 2.75) is 49.1 Å². The molecule has 0 radical (unpaired) electrons. The quantitative estimate of drug-likeness (QED) is 0.133. The van der Waals surface area contributed by atoms with Gasteiger partial charge in [-0.2, -0.15) is 4.98 Å². The van der Waals surface area contributed by atoms with E-state index in [2.05, 4.69) is 29.9 Å². The average molecular weight is 690 g/mol. The molecular formula is C21H25FN10O12P2. The van der Waals surface area contributed by atoms with Crippen LogP contribution in [-0.2, 0) is 36.9 Å². The number of aliphatic hydroxyl groups excluding tert-OH is 1. The van der Waals surface area contributed by atoms with Gasteiger partial charge in [-0.25, -0.2) is 28.9 Å². The lowest BCUT2D eigenvalue weighted by Crippen LogP contribution is -2.36. The zero-order valence-electron chi connectivity index (χ0n) is 23.0. The topological polar surface area (TPSA) is 309 Å². The number of nitrogens with two attached hydrogens (primary N) is 2. The average Bonchev–Trinajstić information content (AvgIpc) is 3.75. The Morgan fingerprint density at radius 3 is 2.39 bits per heavy atom. The van der Waals surface area contributed by atoms with Gasteiger partial charge in [0, 0.05) is 0 Å². The molecule has 0 bridgehead atoms. The summed E-state index contributed by atoms with van der Waals surface area (Å²) in [5, 5.41) is 11.2. The van der Waals surface area contributed by atoms with Crippen molar-refractivity contribution in [3.63, 3.8) is 0 Å². The molecule has 22 nitrogen and oxygen atoms in total. The number of imidazole rings is 2. The maximum Gasteiger partial charge on any atom is 0.472 e. The number of hydrogen-bond donors (Lipinski definition) is 6. The van der Waals surface area contributed by atoms with Crippen LogP contribution in [0.2, 0.25) is 0 Å². The maximum atomic E-state index is 15.8. The third-order valence-corrected chi connectivity index (χ3v) is 9.50. The van der Waals surface area contributed by atoms with Crippen LogP contribution in [0.4, 0.5) is 16.2 Å². The number of aromatic amines is 1. The van der Waals surface area contributed by atoms with Crippen LogP contribution in [0.15, 0.2) is 23.8 Å². The van der Waals surface area contributed by atoms with Crippen molar-refractivity contribution in [2.24, 2.45) is 0 Å². The van der Waals surface area contributed by atoms with Gasteiger partial charge in [-0.05, 0) is 0 Å². The van der Waals surface area contributed by atoms with E-state index in [9.17, 15) is 28.8 Å². The lowest BCUT2D eigenvalue weighted by atomic mass is 10.1. The highest BCUT2D eigenvalue weighted by Gasteiger charge is 2.53. The normalized spacial score (nSPS) is 37.4. The molecule has 0 saturated carbocycles. The van der Waals surface area contributed by atoms with Crippen LogP contribution in [0.5, 0.6) is 0 Å². The summed E-state index contributed by atoms with van der Waals surface area (Å²) in [6, 6.07) is 0. The molecule has 10 atom stereocenters. The van der Waals surface area contributed by atoms with E-state index in [0.717, 1.165) is 17.2 Å². The molecule has 3 aliphatic rings. The number of rotatable bonds is 2. The minimum atomic E-state index is -5.11. The Morgan fingerprint density at radius 2 is 1.61 bits per heavy atom. The summed E-state index contributed by atoms with van der Waals surface area (Å²) in [5.41, 5.74) is 10.8. The van der Waals surface area contributed by atoms with Crippen LogP contribution in [0, 0.1) is 0 Å². The van der Waals surface area contributed by atoms with Crippen molar-refractivity contribution in [3.8, 4) is 0 Å². The fourth-order valence-electron chi connectivity index (χ4n) is 5.41. The van der Waals surface area contributed by atoms with E-state index in [1.54, 1.807) is 0 Å². The molecule has 3 saturated heterocycles. The number of phosphoric ester groups is 1. The molecule has 248 valence electrons. The number of H-pyrrole nitrogens is 1. The molecule has 46 heavy (non-hydrogen) atoms. The summed E-state index contributed by atoms with van der Waals surface area (Å²) >= 11 is 0. The highest BCUT2D eigenvalue weighted by atomic mass is 31.2. The fraction of sp³-hybridized carbons (Fsp3) is 0.524. The van der Waals surface area contributed by atoms with Crippen LogP contribution in [-0.4, -0.2) is 110 Å². The molecule has 0 aromatic carbocycles. The first kappa shape index (κ1) is 31.1. The van der Waals surface area contributed by atoms with Gasteiger partial charge in [-0.1, -0.05) is 0 Å². The Bertz CT molecular complexity index is 1960. The largest absolute Gasteiger partial charge is 0.472 e. The van der Waals surface area contributed by atoms with E-state index in [4.69, 9.17) is 39.2 Å². The first-order valence-electron chi connectivity index (χ1n) is 13.3. The number of halogens is 1. The van der Waals surface area contributed by atoms with E-state index < -0.39 is 89.7 Å². The Labute approximate surface area is 254 Å². The first-order valence-corrected chi connectivity index (χ1v) is 16.6. The van der Waals surface area contributed by atoms with E-state index in [-0.39, 0.29) is 34.1 Å². The number of phosphoric acid groups is 1. The van der Waals surface area contributed by atoms with Gasteiger partial charge in [0.1, 0.15) is 48.7 Å². The molecule has 25 heteroatoms. The molecule has 4 unspecified atom stereocenters. The van der Waals surface area contributed by atoms with Gasteiger partial charge in [-0.15, -0.1) is 0 Å². The second kappa shape index (κ2) is 11.3. The van der Waals surface area contributed by atoms with Gasteiger partial charge >= 0.3 is 15.4 Å². The molecule has 0 amide bonds. The molecule has 7 heterocycles. The number of aromatic nitrogens is 8. The number of aliphatic hydroxyl groups is 1. The van der Waals surface area contributed by atoms with Crippen LogP contribution in [0.3, 0.4) is 0 Å².